The fraction of sp³-hybridized carbons (Fsp3) is 0.357. The summed E-state index contributed by atoms with van der Waals surface area (Å²) in [7, 11) is 1.94. The molecule has 33 heavy (non-hydrogen) atoms. The van der Waals surface area contributed by atoms with Crippen LogP contribution in [0.5, 0.6) is 0 Å². The summed E-state index contributed by atoms with van der Waals surface area (Å²) >= 11 is 0. The second kappa shape index (κ2) is 10.2. The van der Waals surface area contributed by atoms with Gasteiger partial charge in [-0.15, -0.1) is 0 Å². The lowest BCUT2D eigenvalue weighted by atomic mass is 9.87. The molecule has 3 heterocycles. The molecule has 1 saturated heterocycles. The van der Waals surface area contributed by atoms with Crippen molar-refractivity contribution in [3.63, 3.8) is 0 Å². The van der Waals surface area contributed by atoms with Crippen molar-refractivity contribution in [2.24, 2.45) is 12.0 Å². The minimum absolute atomic E-state index is 0.404. The molecular formula is C28H35N5. The van der Waals surface area contributed by atoms with E-state index in [9.17, 15) is 0 Å². The third-order valence-corrected chi connectivity index (χ3v) is 6.50. The molecule has 1 N–H and O–H groups in total. The number of hydrogen-bond acceptors (Lipinski definition) is 4. The Hall–Kier alpha value is -3.18. The molecule has 0 saturated carbocycles. The van der Waals surface area contributed by atoms with Crippen LogP contribution in [0.25, 0.3) is 11.1 Å². The van der Waals surface area contributed by atoms with Gasteiger partial charge in [0.2, 0.25) is 0 Å². The summed E-state index contributed by atoms with van der Waals surface area (Å²) in [5, 5.41) is 7.88. The predicted molar refractivity (Wildman–Crippen MR) is 139 cm³/mol. The summed E-state index contributed by atoms with van der Waals surface area (Å²) in [6, 6.07) is 11.1. The maximum atomic E-state index is 5.10. The quantitative estimate of drug-likeness (QED) is 0.695. The summed E-state index contributed by atoms with van der Waals surface area (Å²) in [5.74, 6) is 0. The van der Waals surface area contributed by atoms with Crippen LogP contribution in [0, 0.1) is 0 Å². The van der Waals surface area contributed by atoms with Crippen LogP contribution in [0.2, 0.25) is 0 Å². The molecule has 2 aliphatic heterocycles. The number of piperazine rings is 1. The van der Waals surface area contributed by atoms with Crippen molar-refractivity contribution in [3.8, 4) is 0 Å². The van der Waals surface area contributed by atoms with E-state index in [-0.39, 0.29) is 0 Å². The predicted octanol–water partition coefficient (Wildman–Crippen LogP) is 4.88. The largest absolute Gasteiger partial charge is 0.366 e. The van der Waals surface area contributed by atoms with E-state index < -0.39 is 0 Å². The van der Waals surface area contributed by atoms with E-state index in [1.54, 1.807) is 0 Å². The number of rotatable bonds is 6. The third kappa shape index (κ3) is 4.93. The normalized spacial score (nSPS) is 19.8. The summed E-state index contributed by atoms with van der Waals surface area (Å²) in [6.45, 7) is 14.7. The Morgan fingerprint density at radius 3 is 2.70 bits per heavy atom. The lowest BCUT2D eigenvalue weighted by molar-refractivity contribution is 0.227. The molecule has 0 bridgehead atoms. The fourth-order valence-electron chi connectivity index (χ4n) is 4.75. The van der Waals surface area contributed by atoms with Gasteiger partial charge in [0.05, 0.1) is 12.7 Å². The molecule has 0 amide bonds. The van der Waals surface area contributed by atoms with Crippen LogP contribution in [-0.4, -0.2) is 52.6 Å². The van der Waals surface area contributed by atoms with E-state index >= 15 is 0 Å². The first-order chi connectivity index (χ1) is 16.0. The highest BCUT2D eigenvalue weighted by atomic mass is 15.2. The molecule has 1 aromatic heterocycles. The van der Waals surface area contributed by atoms with Gasteiger partial charge >= 0.3 is 0 Å². The van der Waals surface area contributed by atoms with E-state index in [1.807, 2.05) is 24.1 Å². The van der Waals surface area contributed by atoms with Crippen LogP contribution in [0.15, 0.2) is 83.3 Å². The monoisotopic (exact) mass is 441 g/mol. The number of aromatic nitrogens is 2. The molecule has 1 atom stereocenters. The Balaban J connectivity index is 1.87. The average Bonchev–Trinajstić information content (AvgIpc) is 3.20. The van der Waals surface area contributed by atoms with E-state index in [0.29, 0.717) is 19.0 Å². The highest BCUT2D eigenvalue weighted by molar-refractivity contribution is 6.17. The lowest BCUT2D eigenvalue weighted by Gasteiger charge is -2.39. The summed E-state index contributed by atoms with van der Waals surface area (Å²) in [4.78, 5) is 7.67. The molecule has 0 radical (unpaired) electrons. The molecule has 172 valence electrons. The van der Waals surface area contributed by atoms with Crippen LogP contribution in [0.1, 0.15) is 38.3 Å². The van der Waals surface area contributed by atoms with Gasteiger partial charge < -0.3 is 10.2 Å². The van der Waals surface area contributed by atoms with Gasteiger partial charge in [0, 0.05) is 67.9 Å². The van der Waals surface area contributed by atoms with Gasteiger partial charge in [-0.2, -0.15) is 5.10 Å². The molecule has 1 fully saturated rings. The third-order valence-electron chi connectivity index (χ3n) is 6.50. The minimum atomic E-state index is 0.404. The van der Waals surface area contributed by atoms with Gasteiger partial charge in [-0.05, 0) is 43.1 Å². The lowest BCUT2D eigenvalue weighted by Crippen LogP contribution is -2.49. The van der Waals surface area contributed by atoms with Crippen LogP contribution in [0.4, 0.5) is 0 Å². The Morgan fingerprint density at radius 2 is 2.03 bits per heavy atom. The second-order valence-electron chi connectivity index (χ2n) is 8.90. The van der Waals surface area contributed by atoms with Gasteiger partial charge in [-0.1, -0.05) is 49.1 Å². The van der Waals surface area contributed by atoms with Crippen molar-refractivity contribution in [1.29, 1.82) is 0 Å². The summed E-state index contributed by atoms with van der Waals surface area (Å²) < 4.78 is 1.83. The Bertz CT molecular complexity index is 1130. The van der Waals surface area contributed by atoms with Crippen LogP contribution >= 0.6 is 0 Å². The Labute approximate surface area is 197 Å². The highest BCUT2D eigenvalue weighted by Crippen LogP contribution is 2.36. The van der Waals surface area contributed by atoms with Crippen molar-refractivity contribution < 1.29 is 0 Å². The molecule has 5 heteroatoms. The van der Waals surface area contributed by atoms with Gasteiger partial charge in [0.1, 0.15) is 0 Å². The number of aryl methyl sites for hydroxylation is 1. The minimum Gasteiger partial charge on any atom is -0.366 e. The van der Waals surface area contributed by atoms with Gasteiger partial charge in [0.15, 0.2) is 0 Å². The van der Waals surface area contributed by atoms with Crippen LogP contribution in [0.3, 0.4) is 0 Å². The first-order valence-corrected chi connectivity index (χ1v) is 11.8. The topological polar surface area (TPSA) is 45.4 Å². The van der Waals surface area contributed by atoms with Crippen LogP contribution in [-0.2, 0) is 7.05 Å². The van der Waals surface area contributed by atoms with Crippen LogP contribution < -0.4 is 5.32 Å². The molecule has 4 rings (SSSR count). The molecule has 1 aromatic carbocycles. The van der Waals surface area contributed by atoms with Gasteiger partial charge in [-0.25, -0.2) is 0 Å². The number of aliphatic imine (C=N–C) groups is 1. The van der Waals surface area contributed by atoms with E-state index in [2.05, 4.69) is 85.1 Å². The SMILES string of the molecule is C=C(CC1=NCC=C(C)C(N2CCNC[C@@H]2C)=C1/C(=C\C)c1ccccc1)c1cnn(C)c1. The zero-order chi connectivity index (χ0) is 23.4. The zero-order valence-electron chi connectivity index (χ0n) is 20.3. The van der Waals surface area contributed by atoms with E-state index in [0.717, 1.165) is 36.5 Å². The van der Waals surface area contributed by atoms with Gasteiger partial charge in [0.25, 0.3) is 0 Å². The smallest absolute Gasteiger partial charge is 0.0580 e. The molecular weight excluding hydrogens is 406 g/mol. The average molecular weight is 442 g/mol. The number of allylic oxidation sites excluding steroid dienone is 5. The Kier molecular flexibility index (Phi) is 7.09. The van der Waals surface area contributed by atoms with E-state index in [4.69, 9.17) is 4.99 Å². The first kappa shape index (κ1) is 23.0. The highest BCUT2D eigenvalue weighted by Gasteiger charge is 2.29. The summed E-state index contributed by atoms with van der Waals surface area (Å²) in [5.41, 5.74) is 9.45. The molecule has 5 nitrogen and oxygen atoms in total. The number of nitrogens with zero attached hydrogens (tertiary/aromatic N) is 4. The summed E-state index contributed by atoms with van der Waals surface area (Å²) in [6.07, 6.45) is 9.11. The van der Waals surface area contributed by atoms with E-state index in [1.165, 1.54) is 28.0 Å². The number of nitrogens with one attached hydrogen (secondary N) is 1. The molecule has 0 aliphatic carbocycles. The second-order valence-corrected chi connectivity index (χ2v) is 8.90. The Morgan fingerprint density at radius 1 is 1.24 bits per heavy atom. The molecule has 0 unspecified atom stereocenters. The van der Waals surface area contributed by atoms with Crippen molar-refractivity contribution in [2.75, 3.05) is 26.2 Å². The molecule has 0 spiro atoms. The molecule has 2 aliphatic rings. The maximum Gasteiger partial charge on any atom is 0.0580 e. The fourth-order valence-corrected chi connectivity index (χ4v) is 4.75. The number of hydrogen-bond donors (Lipinski definition) is 1. The van der Waals surface area contributed by atoms with Gasteiger partial charge in [-0.3, -0.25) is 9.67 Å². The maximum absolute atomic E-state index is 5.10. The molecule has 2 aromatic rings. The number of benzene rings is 1. The standard InChI is InChI=1S/C28H35N5/c1-6-25(23-10-8-7-9-11-23)27-26(16-21(3)24-18-31-32(5)19-24)30-13-12-20(2)28(27)33-15-14-29-17-22(33)4/h6-12,18-19,22,29H,3,13-17H2,1-2,4-5H3/b25-6-/t22-/m0/s1. The van der Waals surface area contributed by atoms with Crippen molar-refractivity contribution in [3.05, 3.63) is 89.4 Å². The van der Waals surface area contributed by atoms with Crippen molar-refractivity contribution in [2.45, 2.75) is 33.2 Å². The van der Waals surface area contributed by atoms with Crippen molar-refractivity contribution in [1.82, 2.24) is 20.0 Å². The first-order valence-electron chi connectivity index (χ1n) is 11.8. The van der Waals surface area contributed by atoms with Crippen molar-refractivity contribution >= 4 is 16.9 Å². The zero-order valence-corrected chi connectivity index (χ0v) is 20.3.